The number of para-hydroxylation sites is 1. The van der Waals surface area contributed by atoms with Crippen molar-refractivity contribution >= 4 is 81.6 Å². The van der Waals surface area contributed by atoms with Crippen LogP contribution in [0.4, 0.5) is 17.1 Å². The monoisotopic (exact) mass is 634 g/mol. The van der Waals surface area contributed by atoms with Gasteiger partial charge in [0.2, 0.25) is 5.89 Å². The van der Waals surface area contributed by atoms with Gasteiger partial charge in [-0.1, -0.05) is 72.8 Å². The molecule has 0 aliphatic carbocycles. The van der Waals surface area contributed by atoms with Crippen LogP contribution in [0.25, 0.3) is 75.8 Å². The number of furan rings is 1. The van der Waals surface area contributed by atoms with E-state index >= 15 is 0 Å². The minimum atomic E-state index is 0.611. The van der Waals surface area contributed by atoms with Gasteiger partial charge in [0, 0.05) is 59.6 Å². The lowest BCUT2D eigenvalue weighted by molar-refractivity contribution is 0.617. The van der Waals surface area contributed by atoms with Crippen molar-refractivity contribution in [3.63, 3.8) is 0 Å². The van der Waals surface area contributed by atoms with E-state index in [1.807, 2.05) is 47.7 Å². The SMILES string of the molecule is c1ccc(-c2nc3cc4c(cc3o2)oc2cc(-c3ccc(N(c5ccccc5)c5ccc6sc7ccccc7c6c5)cc3)ccc24)cc1. The van der Waals surface area contributed by atoms with Crippen molar-refractivity contribution in [3.05, 3.63) is 158 Å². The van der Waals surface area contributed by atoms with Crippen LogP contribution in [0.3, 0.4) is 0 Å². The van der Waals surface area contributed by atoms with Gasteiger partial charge in [-0.05, 0) is 90.0 Å². The molecule has 0 aliphatic rings. The van der Waals surface area contributed by atoms with E-state index in [2.05, 4.69) is 126 Å². The molecule has 0 unspecified atom stereocenters. The minimum Gasteiger partial charge on any atom is -0.456 e. The van der Waals surface area contributed by atoms with Crippen LogP contribution >= 0.6 is 11.3 Å². The number of hydrogen-bond donors (Lipinski definition) is 0. The van der Waals surface area contributed by atoms with Gasteiger partial charge in [0.05, 0.1) is 0 Å². The first-order valence-electron chi connectivity index (χ1n) is 15.9. The summed E-state index contributed by atoms with van der Waals surface area (Å²) in [7, 11) is 0. The molecule has 226 valence electrons. The van der Waals surface area contributed by atoms with Crippen molar-refractivity contribution in [2.24, 2.45) is 0 Å². The predicted molar refractivity (Wildman–Crippen MR) is 200 cm³/mol. The van der Waals surface area contributed by atoms with Gasteiger partial charge in [-0.3, -0.25) is 0 Å². The van der Waals surface area contributed by atoms with Crippen LogP contribution in [0.5, 0.6) is 0 Å². The van der Waals surface area contributed by atoms with Gasteiger partial charge in [0.25, 0.3) is 0 Å². The summed E-state index contributed by atoms with van der Waals surface area (Å²) in [5.74, 6) is 0.611. The Morgan fingerprint density at radius 2 is 1.10 bits per heavy atom. The van der Waals surface area contributed by atoms with Gasteiger partial charge in [-0.25, -0.2) is 4.98 Å². The maximum atomic E-state index is 6.38. The molecular formula is C43H26N2O2S. The molecular weight excluding hydrogens is 609 g/mol. The molecule has 0 spiro atoms. The van der Waals surface area contributed by atoms with Gasteiger partial charge in [-0.2, -0.15) is 0 Å². The third-order valence-electron chi connectivity index (χ3n) is 9.09. The number of fused-ring (bicyclic) bond motifs is 7. The van der Waals surface area contributed by atoms with E-state index in [0.717, 1.165) is 61.2 Å². The van der Waals surface area contributed by atoms with Crippen LogP contribution in [0.2, 0.25) is 0 Å². The third-order valence-corrected chi connectivity index (χ3v) is 10.2. The molecule has 0 bridgehead atoms. The Labute approximate surface area is 279 Å². The molecule has 0 atom stereocenters. The highest BCUT2D eigenvalue weighted by Gasteiger charge is 2.17. The maximum absolute atomic E-state index is 6.38. The summed E-state index contributed by atoms with van der Waals surface area (Å²) in [6.07, 6.45) is 0. The molecule has 10 aromatic rings. The first-order chi connectivity index (χ1) is 23.7. The number of thiophene rings is 1. The molecule has 48 heavy (non-hydrogen) atoms. The van der Waals surface area contributed by atoms with E-state index in [1.54, 1.807) is 0 Å². The zero-order chi connectivity index (χ0) is 31.6. The molecule has 3 aromatic heterocycles. The van der Waals surface area contributed by atoms with Crippen molar-refractivity contribution in [2.75, 3.05) is 4.90 Å². The minimum absolute atomic E-state index is 0.611. The molecule has 0 fully saturated rings. The quantitative estimate of drug-likeness (QED) is 0.189. The second-order valence-electron chi connectivity index (χ2n) is 12.0. The van der Waals surface area contributed by atoms with Gasteiger partial charge < -0.3 is 13.7 Å². The standard InChI is InChI=1S/C43H26N2O2S/c1-3-9-28(10-4-1)43-44-37-25-35-33-21-17-29(23-38(33)46-39(35)26-40(37)47-43)27-15-18-31(19-16-27)45(30-11-5-2-6-12-30)32-20-22-42-36(24-32)34-13-7-8-14-41(34)48-42/h1-26H. The maximum Gasteiger partial charge on any atom is 0.227 e. The van der Waals surface area contributed by atoms with Crippen molar-refractivity contribution in [3.8, 4) is 22.6 Å². The third kappa shape index (κ3) is 4.40. The highest BCUT2D eigenvalue weighted by atomic mass is 32.1. The summed E-state index contributed by atoms with van der Waals surface area (Å²) in [5.41, 5.74) is 9.67. The van der Waals surface area contributed by atoms with Crippen LogP contribution in [0.15, 0.2) is 167 Å². The lowest BCUT2D eigenvalue weighted by Crippen LogP contribution is -2.09. The van der Waals surface area contributed by atoms with Gasteiger partial charge in [0.1, 0.15) is 16.7 Å². The Hall–Kier alpha value is -6.17. The largest absolute Gasteiger partial charge is 0.456 e. The lowest BCUT2D eigenvalue weighted by atomic mass is 10.0. The van der Waals surface area contributed by atoms with Gasteiger partial charge in [-0.15, -0.1) is 11.3 Å². The Morgan fingerprint density at radius 1 is 0.417 bits per heavy atom. The molecule has 10 rings (SSSR count). The predicted octanol–water partition coefficient (Wildman–Crippen LogP) is 12.9. The molecule has 0 saturated carbocycles. The van der Waals surface area contributed by atoms with Crippen LogP contribution in [0, 0.1) is 0 Å². The molecule has 5 heteroatoms. The molecule has 7 aromatic carbocycles. The van der Waals surface area contributed by atoms with Crippen LogP contribution in [-0.4, -0.2) is 4.98 Å². The number of nitrogens with zero attached hydrogens (tertiary/aromatic N) is 2. The van der Waals surface area contributed by atoms with Crippen LogP contribution in [0.1, 0.15) is 0 Å². The molecule has 0 saturated heterocycles. The number of aromatic nitrogens is 1. The molecule has 0 radical (unpaired) electrons. The van der Waals surface area contributed by atoms with Crippen molar-refractivity contribution < 1.29 is 8.83 Å². The fourth-order valence-corrected chi connectivity index (χ4v) is 7.85. The summed E-state index contributed by atoms with van der Waals surface area (Å²) >= 11 is 1.84. The highest BCUT2D eigenvalue weighted by molar-refractivity contribution is 7.25. The smallest absolute Gasteiger partial charge is 0.227 e. The zero-order valence-corrected chi connectivity index (χ0v) is 26.4. The van der Waals surface area contributed by atoms with Crippen molar-refractivity contribution in [2.45, 2.75) is 0 Å². The van der Waals surface area contributed by atoms with Crippen LogP contribution < -0.4 is 4.90 Å². The van der Waals surface area contributed by atoms with Crippen LogP contribution in [-0.2, 0) is 0 Å². The number of benzene rings is 7. The fourth-order valence-electron chi connectivity index (χ4n) is 6.76. The average Bonchev–Trinajstić information content (AvgIpc) is 3.84. The normalized spacial score (nSPS) is 11.8. The first kappa shape index (κ1) is 27.0. The molecule has 3 heterocycles. The van der Waals surface area contributed by atoms with E-state index in [9.17, 15) is 0 Å². The van der Waals surface area contributed by atoms with Gasteiger partial charge in [0.15, 0.2) is 5.58 Å². The topological polar surface area (TPSA) is 42.4 Å². The summed E-state index contributed by atoms with van der Waals surface area (Å²) < 4.78 is 15.1. The van der Waals surface area contributed by atoms with Gasteiger partial charge >= 0.3 is 0 Å². The highest BCUT2D eigenvalue weighted by Crippen LogP contribution is 2.41. The Kier molecular flexibility index (Phi) is 6.01. The zero-order valence-electron chi connectivity index (χ0n) is 25.6. The second-order valence-corrected chi connectivity index (χ2v) is 13.1. The fraction of sp³-hybridized carbons (Fsp3) is 0. The first-order valence-corrected chi connectivity index (χ1v) is 16.8. The molecule has 4 nitrogen and oxygen atoms in total. The average molecular weight is 635 g/mol. The van der Waals surface area contributed by atoms with E-state index in [4.69, 9.17) is 13.8 Å². The molecule has 0 amide bonds. The summed E-state index contributed by atoms with van der Waals surface area (Å²) in [6, 6.07) is 55.2. The van der Waals surface area contributed by atoms with E-state index < -0.39 is 0 Å². The summed E-state index contributed by atoms with van der Waals surface area (Å²) in [4.78, 5) is 7.09. The Balaban J connectivity index is 1.02. The van der Waals surface area contributed by atoms with Crippen molar-refractivity contribution in [1.82, 2.24) is 4.98 Å². The molecule has 0 N–H and O–H groups in total. The van der Waals surface area contributed by atoms with E-state index in [1.165, 1.54) is 20.2 Å². The Morgan fingerprint density at radius 3 is 1.96 bits per heavy atom. The van der Waals surface area contributed by atoms with Crippen molar-refractivity contribution in [1.29, 1.82) is 0 Å². The number of anilines is 3. The lowest BCUT2D eigenvalue weighted by Gasteiger charge is -2.25. The Bertz CT molecular complexity index is 2780. The summed E-state index contributed by atoms with van der Waals surface area (Å²) in [5, 5.41) is 4.67. The number of oxazole rings is 1. The summed E-state index contributed by atoms with van der Waals surface area (Å²) in [6.45, 7) is 0. The molecule has 0 aliphatic heterocycles. The van der Waals surface area contributed by atoms with E-state index in [-0.39, 0.29) is 0 Å². The van der Waals surface area contributed by atoms with E-state index in [0.29, 0.717) is 11.5 Å². The second kappa shape index (κ2) is 10.7. The number of rotatable bonds is 5. The number of hydrogen-bond acceptors (Lipinski definition) is 5.